The Hall–Kier alpha value is -0.980. The first kappa shape index (κ1) is 15.1. The molecule has 0 heterocycles. The fourth-order valence-electron chi connectivity index (χ4n) is 2.12. The summed E-state index contributed by atoms with van der Waals surface area (Å²) in [7, 11) is 0. The van der Waals surface area contributed by atoms with Crippen LogP contribution in [0.1, 0.15) is 63.0 Å². The highest BCUT2D eigenvalue weighted by Gasteiger charge is 2.00. The molecule has 1 heteroatoms. The number of hydrogen-bond donors (Lipinski definition) is 0. The molecule has 1 rings (SSSR count). The second kappa shape index (κ2) is 9.02. The summed E-state index contributed by atoms with van der Waals surface area (Å²) in [4.78, 5) is 0. The van der Waals surface area contributed by atoms with Gasteiger partial charge < -0.3 is 4.74 Å². The highest BCUT2D eigenvalue weighted by Crippen LogP contribution is 2.20. The van der Waals surface area contributed by atoms with Gasteiger partial charge in [-0.3, -0.25) is 0 Å². The summed E-state index contributed by atoms with van der Waals surface area (Å²) in [5.74, 6) is 1.06. The van der Waals surface area contributed by atoms with Crippen LogP contribution in [0.5, 0.6) is 5.75 Å². The van der Waals surface area contributed by atoms with Crippen molar-refractivity contribution >= 4 is 0 Å². The molecule has 0 atom stereocenters. The third-order valence-corrected chi connectivity index (χ3v) is 3.56. The van der Waals surface area contributed by atoms with Gasteiger partial charge in [-0.05, 0) is 37.5 Å². The zero-order chi connectivity index (χ0) is 13.2. The molecular formula is C17H28O. The first-order valence-electron chi connectivity index (χ1n) is 7.44. The van der Waals surface area contributed by atoms with E-state index in [-0.39, 0.29) is 0 Å². The maximum atomic E-state index is 5.85. The van der Waals surface area contributed by atoms with Crippen molar-refractivity contribution in [2.24, 2.45) is 0 Å². The molecule has 0 saturated heterocycles. The molecule has 0 amide bonds. The molecule has 1 aromatic carbocycles. The van der Waals surface area contributed by atoms with Crippen molar-refractivity contribution in [3.05, 3.63) is 29.3 Å². The quantitative estimate of drug-likeness (QED) is 0.529. The molecule has 0 spiro atoms. The zero-order valence-electron chi connectivity index (χ0n) is 12.3. The molecule has 102 valence electrons. The van der Waals surface area contributed by atoms with Crippen LogP contribution in [0.25, 0.3) is 0 Å². The molecule has 0 aliphatic rings. The summed E-state index contributed by atoms with van der Waals surface area (Å²) in [6.07, 6.45) is 9.34. The van der Waals surface area contributed by atoms with Crippen molar-refractivity contribution < 1.29 is 4.74 Å². The van der Waals surface area contributed by atoms with Gasteiger partial charge in [0.25, 0.3) is 0 Å². The summed E-state index contributed by atoms with van der Waals surface area (Å²) in [6, 6.07) is 6.28. The van der Waals surface area contributed by atoms with E-state index < -0.39 is 0 Å². The summed E-state index contributed by atoms with van der Waals surface area (Å²) < 4.78 is 5.85. The third kappa shape index (κ3) is 5.57. The molecule has 0 radical (unpaired) electrons. The summed E-state index contributed by atoms with van der Waals surface area (Å²) in [5.41, 5.74) is 2.59. The summed E-state index contributed by atoms with van der Waals surface area (Å²) >= 11 is 0. The maximum Gasteiger partial charge on any atom is 0.122 e. The summed E-state index contributed by atoms with van der Waals surface area (Å²) in [6.45, 7) is 7.39. The Morgan fingerprint density at radius 1 is 0.889 bits per heavy atom. The molecule has 0 aromatic heterocycles. The van der Waals surface area contributed by atoms with Gasteiger partial charge >= 0.3 is 0 Å². The van der Waals surface area contributed by atoms with Crippen LogP contribution in [0.15, 0.2) is 18.2 Å². The van der Waals surface area contributed by atoms with Crippen molar-refractivity contribution in [2.45, 2.75) is 65.7 Å². The number of unbranched alkanes of at least 4 members (excludes halogenated alkanes) is 6. The SMILES string of the molecule is CCCCCCCCCOc1cccc(C)c1C. The Balaban J connectivity index is 2.09. The average molecular weight is 248 g/mol. The largest absolute Gasteiger partial charge is 0.493 e. The van der Waals surface area contributed by atoms with Crippen molar-refractivity contribution in [3.63, 3.8) is 0 Å². The lowest BCUT2D eigenvalue weighted by Gasteiger charge is -2.10. The molecule has 0 N–H and O–H groups in total. The lowest BCUT2D eigenvalue weighted by atomic mass is 10.1. The fourth-order valence-corrected chi connectivity index (χ4v) is 2.12. The van der Waals surface area contributed by atoms with E-state index in [2.05, 4.69) is 39.0 Å². The van der Waals surface area contributed by atoms with Gasteiger partial charge in [0.1, 0.15) is 5.75 Å². The highest BCUT2D eigenvalue weighted by atomic mass is 16.5. The Morgan fingerprint density at radius 3 is 2.28 bits per heavy atom. The van der Waals surface area contributed by atoms with Gasteiger partial charge in [-0.1, -0.05) is 57.6 Å². The van der Waals surface area contributed by atoms with Crippen LogP contribution in [-0.2, 0) is 0 Å². The van der Waals surface area contributed by atoms with Crippen LogP contribution in [0.2, 0.25) is 0 Å². The lowest BCUT2D eigenvalue weighted by Crippen LogP contribution is -1.99. The van der Waals surface area contributed by atoms with Crippen LogP contribution in [0, 0.1) is 13.8 Å². The molecule has 0 bridgehead atoms. The van der Waals surface area contributed by atoms with Gasteiger partial charge in [0.2, 0.25) is 0 Å². The minimum Gasteiger partial charge on any atom is -0.493 e. The Labute approximate surface area is 113 Å². The van der Waals surface area contributed by atoms with Crippen molar-refractivity contribution in [1.29, 1.82) is 0 Å². The first-order valence-corrected chi connectivity index (χ1v) is 7.44. The molecule has 0 unspecified atom stereocenters. The number of benzene rings is 1. The van der Waals surface area contributed by atoms with Crippen LogP contribution in [-0.4, -0.2) is 6.61 Å². The highest BCUT2D eigenvalue weighted by molar-refractivity contribution is 5.38. The van der Waals surface area contributed by atoms with E-state index >= 15 is 0 Å². The molecular weight excluding hydrogens is 220 g/mol. The van der Waals surface area contributed by atoms with E-state index in [1.807, 2.05) is 0 Å². The van der Waals surface area contributed by atoms with Crippen LogP contribution in [0.4, 0.5) is 0 Å². The normalized spacial score (nSPS) is 10.6. The molecule has 1 aromatic rings. The maximum absolute atomic E-state index is 5.85. The zero-order valence-corrected chi connectivity index (χ0v) is 12.3. The van der Waals surface area contributed by atoms with Gasteiger partial charge in [-0.15, -0.1) is 0 Å². The second-order valence-corrected chi connectivity index (χ2v) is 5.17. The fraction of sp³-hybridized carbons (Fsp3) is 0.647. The smallest absolute Gasteiger partial charge is 0.122 e. The van der Waals surface area contributed by atoms with Gasteiger partial charge in [-0.2, -0.15) is 0 Å². The molecule has 0 saturated carbocycles. The Morgan fingerprint density at radius 2 is 1.56 bits per heavy atom. The van der Waals surface area contributed by atoms with Gasteiger partial charge in [0.15, 0.2) is 0 Å². The summed E-state index contributed by atoms with van der Waals surface area (Å²) in [5, 5.41) is 0. The minimum atomic E-state index is 0.859. The van der Waals surface area contributed by atoms with E-state index in [9.17, 15) is 0 Å². The Bertz CT molecular complexity index is 330. The Kier molecular flexibility index (Phi) is 7.55. The van der Waals surface area contributed by atoms with Crippen LogP contribution < -0.4 is 4.74 Å². The van der Waals surface area contributed by atoms with Crippen LogP contribution in [0.3, 0.4) is 0 Å². The van der Waals surface area contributed by atoms with E-state index in [0.29, 0.717) is 0 Å². The third-order valence-electron chi connectivity index (χ3n) is 3.56. The van der Waals surface area contributed by atoms with Gasteiger partial charge in [0, 0.05) is 0 Å². The molecule has 0 aliphatic heterocycles. The predicted molar refractivity (Wildman–Crippen MR) is 79.4 cm³/mol. The standard InChI is InChI=1S/C17H28O/c1-4-5-6-7-8-9-10-14-18-17-13-11-12-15(2)16(17)3/h11-13H,4-10,14H2,1-3H3. The number of rotatable bonds is 9. The number of hydrogen-bond acceptors (Lipinski definition) is 1. The minimum absolute atomic E-state index is 0.859. The number of ether oxygens (including phenoxy) is 1. The monoisotopic (exact) mass is 248 g/mol. The van der Waals surface area contributed by atoms with Gasteiger partial charge in [-0.25, -0.2) is 0 Å². The second-order valence-electron chi connectivity index (χ2n) is 5.17. The van der Waals surface area contributed by atoms with E-state index in [1.165, 1.54) is 56.1 Å². The molecule has 0 aliphatic carbocycles. The van der Waals surface area contributed by atoms with E-state index in [1.54, 1.807) is 0 Å². The average Bonchev–Trinajstić information content (AvgIpc) is 2.37. The van der Waals surface area contributed by atoms with E-state index in [0.717, 1.165) is 12.4 Å². The van der Waals surface area contributed by atoms with Gasteiger partial charge in [0.05, 0.1) is 6.61 Å². The van der Waals surface area contributed by atoms with E-state index in [4.69, 9.17) is 4.74 Å². The lowest BCUT2D eigenvalue weighted by molar-refractivity contribution is 0.302. The molecule has 1 nitrogen and oxygen atoms in total. The number of aryl methyl sites for hydroxylation is 1. The molecule has 18 heavy (non-hydrogen) atoms. The molecule has 0 fully saturated rings. The van der Waals surface area contributed by atoms with Crippen molar-refractivity contribution in [1.82, 2.24) is 0 Å². The predicted octanol–water partition coefficient (Wildman–Crippen LogP) is 5.43. The topological polar surface area (TPSA) is 9.23 Å². The van der Waals surface area contributed by atoms with Crippen molar-refractivity contribution in [2.75, 3.05) is 6.61 Å². The van der Waals surface area contributed by atoms with Crippen LogP contribution >= 0.6 is 0 Å². The van der Waals surface area contributed by atoms with Crippen molar-refractivity contribution in [3.8, 4) is 5.75 Å². The first-order chi connectivity index (χ1) is 8.75.